The van der Waals surface area contributed by atoms with Crippen molar-refractivity contribution in [3.8, 4) is 5.82 Å². The van der Waals surface area contributed by atoms with E-state index in [1.54, 1.807) is 17.1 Å². The highest BCUT2D eigenvalue weighted by Crippen LogP contribution is 2.22. The molecule has 1 atom stereocenters. The highest BCUT2D eigenvalue weighted by Gasteiger charge is 2.23. The van der Waals surface area contributed by atoms with Crippen LogP contribution < -0.4 is 5.32 Å². The zero-order valence-electron chi connectivity index (χ0n) is 13.5. The molecule has 2 aromatic heterocycles. The van der Waals surface area contributed by atoms with Gasteiger partial charge in [0, 0.05) is 19.3 Å². The Morgan fingerprint density at radius 3 is 3.00 bits per heavy atom. The lowest BCUT2D eigenvalue weighted by Gasteiger charge is -2.13. The van der Waals surface area contributed by atoms with Gasteiger partial charge in [-0.25, -0.2) is 9.67 Å². The van der Waals surface area contributed by atoms with Crippen molar-refractivity contribution in [1.82, 2.24) is 20.1 Å². The summed E-state index contributed by atoms with van der Waals surface area (Å²) < 4.78 is 7.29. The third-order valence-electron chi connectivity index (χ3n) is 3.98. The quantitative estimate of drug-likeness (QED) is 0.919. The molecule has 6 heteroatoms. The summed E-state index contributed by atoms with van der Waals surface area (Å²) in [5.41, 5.74) is 1.47. The van der Waals surface area contributed by atoms with Crippen LogP contribution in [-0.4, -0.2) is 39.9 Å². The van der Waals surface area contributed by atoms with Gasteiger partial charge in [0.15, 0.2) is 5.82 Å². The Hall–Kier alpha value is -2.21. The molecule has 0 aromatic carbocycles. The van der Waals surface area contributed by atoms with Crippen LogP contribution in [0, 0.1) is 0 Å². The third-order valence-corrected chi connectivity index (χ3v) is 3.98. The van der Waals surface area contributed by atoms with Gasteiger partial charge in [-0.1, -0.05) is 19.9 Å². The molecule has 0 unspecified atom stereocenters. The van der Waals surface area contributed by atoms with Crippen molar-refractivity contribution in [2.24, 2.45) is 0 Å². The number of rotatable bonds is 5. The summed E-state index contributed by atoms with van der Waals surface area (Å²) in [7, 11) is 0. The summed E-state index contributed by atoms with van der Waals surface area (Å²) in [5, 5.41) is 7.33. The summed E-state index contributed by atoms with van der Waals surface area (Å²) in [6.07, 6.45) is 5.54. The zero-order chi connectivity index (χ0) is 16.2. The van der Waals surface area contributed by atoms with Gasteiger partial charge < -0.3 is 10.1 Å². The first-order valence-corrected chi connectivity index (χ1v) is 8.06. The first-order valence-electron chi connectivity index (χ1n) is 8.06. The number of ether oxygens (including phenoxy) is 1. The van der Waals surface area contributed by atoms with E-state index in [0.717, 1.165) is 31.0 Å². The molecule has 1 amide bonds. The second-order valence-corrected chi connectivity index (χ2v) is 6.04. The maximum absolute atomic E-state index is 12.5. The van der Waals surface area contributed by atoms with Gasteiger partial charge in [0.05, 0.1) is 23.6 Å². The fraction of sp³-hybridized carbons (Fsp3) is 0.471. The van der Waals surface area contributed by atoms with Gasteiger partial charge in [-0.15, -0.1) is 0 Å². The normalized spacial score (nSPS) is 17.6. The predicted molar refractivity (Wildman–Crippen MR) is 86.8 cm³/mol. The lowest BCUT2D eigenvalue weighted by atomic mass is 10.1. The van der Waals surface area contributed by atoms with Gasteiger partial charge in [-0.05, 0) is 30.9 Å². The number of nitrogens with zero attached hydrogens (tertiary/aromatic N) is 3. The Kier molecular flexibility index (Phi) is 4.71. The molecule has 0 aliphatic carbocycles. The van der Waals surface area contributed by atoms with E-state index in [1.165, 1.54) is 0 Å². The monoisotopic (exact) mass is 314 g/mol. The van der Waals surface area contributed by atoms with E-state index in [9.17, 15) is 4.79 Å². The maximum Gasteiger partial charge on any atom is 0.254 e. The van der Waals surface area contributed by atoms with Gasteiger partial charge >= 0.3 is 0 Å². The number of carbonyl (C=O) groups is 1. The summed E-state index contributed by atoms with van der Waals surface area (Å²) >= 11 is 0. The Bertz CT molecular complexity index is 660. The molecular formula is C17H22N4O2. The number of carbonyl (C=O) groups excluding carboxylic acids is 1. The number of aromatic nitrogens is 3. The molecule has 1 fully saturated rings. The molecular weight excluding hydrogens is 292 g/mol. The Labute approximate surface area is 135 Å². The van der Waals surface area contributed by atoms with Crippen molar-refractivity contribution in [3.63, 3.8) is 0 Å². The van der Waals surface area contributed by atoms with Gasteiger partial charge in [-0.2, -0.15) is 5.10 Å². The Balaban J connectivity index is 1.81. The molecule has 1 N–H and O–H groups in total. The van der Waals surface area contributed by atoms with Crippen LogP contribution in [0.3, 0.4) is 0 Å². The van der Waals surface area contributed by atoms with Crippen LogP contribution in [0.1, 0.15) is 48.7 Å². The summed E-state index contributed by atoms with van der Waals surface area (Å²) in [4.78, 5) is 16.9. The number of pyridine rings is 1. The molecule has 2 aromatic rings. The van der Waals surface area contributed by atoms with E-state index >= 15 is 0 Å². The van der Waals surface area contributed by atoms with Crippen LogP contribution >= 0.6 is 0 Å². The van der Waals surface area contributed by atoms with Crippen molar-refractivity contribution in [1.29, 1.82) is 0 Å². The first-order chi connectivity index (χ1) is 11.2. The minimum atomic E-state index is -0.105. The number of hydrogen-bond acceptors (Lipinski definition) is 4. The van der Waals surface area contributed by atoms with Gasteiger partial charge in [0.25, 0.3) is 5.91 Å². The fourth-order valence-corrected chi connectivity index (χ4v) is 2.86. The SMILES string of the molecule is CC(C)c1c(C(=O)NC[C@H]2CCCO2)cnn1-c1ccccn1. The molecule has 0 radical (unpaired) electrons. The maximum atomic E-state index is 12.5. The first kappa shape index (κ1) is 15.7. The molecule has 1 aliphatic rings. The number of nitrogens with one attached hydrogen (secondary N) is 1. The van der Waals surface area contributed by atoms with Crippen LogP contribution in [0.25, 0.3) is 5.82 Å². The second-order valence-electron chi connectivity index (χ2n) is 6.04. The smallest absolute Gasteiger partial charge is 0.254 e. The zero-order valence-corrected chi connectivity index (χ0v) is 13.5. The van der Waals surface area contributed by atoms with E-state index in [1.807, 2.05) is 32.0 Å². The van der Waals surface area contributed by atoms with E-state index in [0.29, 0.717) is 12.1 Å². The number of hydrogen-bond donors (Lipinski definition) is 1. The molecule has 0 spiro atoms. The van der Waals surface area contributed by atoms with Crippen LogP contribution in [0.15, 0.2) is 30.6 Å². The molecule has 23 heavy (non-hydrogen) atoms. The topological polar surface area (TPSA) is 69.0 Å². The minimum Gasteiger partial charge on any atom is -0.376 e. The summed E-state index contributed by atoms with van der Waals surface area (Å²) in [5.74, 6) is 0.767. The van der Waals surface area contributed by atoms with Gasteiger partial charge in [0.2, 0.25) is 0 Å². The van der Waals surface area contributed by atoms with E-state index in [2.05, 4.69) is 15.4 Å². The second kappa shape index (κ2) is 6.91. The van der Waals surface area contributed by atoms with E-state index in [4.69, 9.17) is 4.74 Å². The summed E-state index contributed by atoms with van der Waals surface area (Å²) in [6.45, 7) is 5.43. The molecule has 0 bridgehead atoms. The Morgan fingerprint density at radius 2 is 2.35 bits per heavy atom. The molecule has 122 valence electrons. The molecule has 3 heterocycles. The van der Waals surface area contributed by atoms with Crippen molar-refractivity contribution >= 4 is 5.91 Å². The van der Waals surface area contributed by atoms with Gasteiger partial charge in [-0.3, -0.25) is 4.79 Å². The molecule has 6 nitrogen and oxygen atoms in total. The highest BCUT2D eigenvalue weighted by atomic mass is 16.5. The van der Waals surface area contributed by atoms with Gasteiger partial charge in [0.1, 0.15) is 0 Å². The lowest BCUT2D eigenvalue weighted by Crippen LogP contribution is -2.32. The largest absolute Gasteiger partial charge is 0.376 e. The van der Waals surface area contributed by atoms with Crippen LogP contribution in [-0.2, 0) is 4.74 Å². The summed E-state index contributed by atoms with van der Waals surface area (Å²) in [6, 6.07) is 5.65. The molecule has 1 saturated heterocycles. The third kappa shape index (κ3) is 3.42. The fourth-order valence-electron chi connectivity index (χ4n) is 2.86. The van der Waals surface area contributed by atoms with E-state index < -0.39 is 0 Å². The molecule has 3 rings (SSSR count). The average Bonchev–Trinajstić information content (AvgIpc) is 3.22. The number of amides is 1. The minimum absolute atomic E-state index is 0.105. The lowest BCUT2D eigenvalue weighted by molar-refractivity contribution is 0.0856. The van der Waals surface area contributed by atoms with Crippen molar-refractivity contribution in [2.75, 3.05) is 13.2 Å². The van der Waals surface area contributed by atoms with Crippen molar-refractivity contribution in [3.05, 3.63) is 41.9 Å². The average molecular weight is 314 g/mol. The van der Waals surface area contributed by atoms with Crippen molar-refractivity contribution < 1.29 is 9.53 Å². The molecule has 1 aliphatic heterocycles. The highest BCUT2D eigenvalue weighted by molar-refractivity contribution is 5.95. The Morgan fingerprint density at radius 1 is 1.48 bits per heavy atom. The van der Waals surface area contributed by atoms with Crippen LogP contribution in [0.2, 0.25) is 0 Å². The standard InChI is InChI=1S/C17H22N4O2/c1-12(2)16-14(17(22)19-10-13-6-5-9-23-13)11-20-21(16)15-7-3-4-8-18-15/h3-4,7-8,11-13H,5-6,9-10H2,1-2H3,(H,19,22)/t13-/m1/s1. The van der Waals surface area contributed by atoms with Crippen molar-refractivity contribution in [2.45, 2.75) is 38.7 Å². The van der Waals surface area contributed by atoms with E-state index in [-0.39, 0.29) is 17.9 Å². The van der Waals surface area contributed by atoms with Crippen LogP contribution in [0.4, 0.5) is 0 Å². The molecule has 0 saturated carbocycles. The van der Waals surface area contributed by atoms with Crippen LogP contribution in [0.5, 0.6) is 0 Å². The predicted octanol–water partition coefficient (Wildman–Crippen LogP) is 2.30.